The normalized spacial score (nSPS) is 20.1. The van der Waals surface area contributed by atoms with Gasteiger partial charge in [0.15, 0.2) is 0 Å². The van der Waals surface area contributed by atoms with E-state index in [4.69, 9.17) is 0 Å². The fourth-order valence-corrected chi connectivity index (χ4v) is 2.41. The van der Waals surface area contributed by atoms with Crippen molar-refractivity contribution in [2.24, 2.45) is 0 Å². The van der Waals surface area contributed by atoms with Crippen LogP contribution in [0.5, 0.6) is 0 Å². The Kier molecular flexibility index (Phi) is 5.90. The lowest BCUT2D eigenvalue weighted by atomic mass is 9.98. The van der Waals surface area contributed by atoms with E-state index in [1.54, 1.807) is 0 Å². The minimum absolute atomic E-state index is 0.385. The Labute approximate surface area is 108 Å². The Hall–Kier alpha value is -0.120. The van der Waals surface area contributed by atoms with Crippen LogP contribution in [0, 0.1) is 0 Å². The van der Waals surface area contributed by atoms with Gasteiger partial charge in [-0.15, -0.1) is 0 Å². The van der Waals surface area contributed by atoms with Crippen molar-refractivity contribution in [1.29, 1.82) is 0 Å². The van der Waals surface area contributed by atoms with E-state index >= 15 is 0 Å². The lowest BCUT2D eigenvalue weighted by Gasteiger charge is -2.43. The van der Waals surface area contributed by atoms with Gasteiger partial charge in [0.05, 0.1) is 0 Å². The first-order valence-electron chi connectivity index (χ1n) is 7.08. The van der Waals surface area contributed by atoms with Gasteiger partial charge in [-0.1, -0.05) is 6.92 Å². The molecule has 0 aromatic carbocycles. The summed E-state index contributed by atoms with van der Waals surface area (Å²) in [6.07, 6.45) is 2.54. The molecule has 0 radical (unpaired) electrons. The van der Waals surface area contributed by atoms with Crippen molar-refractivity contribution in [3.8, 4) is 0 Å². The highest BCUT2D eigenvalue weighted by Crippen LogP contribution is 2.20. The molecule has 1 heterocycles. The van der Waals surface area contributed by atoms with Crippen LogP contribution in [0.1, 0.15) is 33.6 Å². The van der Waals surface area contributed by atoms with E-state index < -0.39 is 0 Å². The Morgan fingerprint density at radius 2 is 1.65 bits per heavy atom. The van der Waals surface area contributed by atoms with E-state index in [9.17, 15) is 0 Å². The van der Waals surface area contributed by atoms with Gasteiger partial charge in [0.2, 0.25) is 0 Å². The zero-order valence-electron chi connectivity index (χ0n) is 12.5. The van der Waals surface area contributed by atoms with E-state index in [-0.39, 0.29) is 0 Å². The van der Waals surface area contributed by atoms with E-state index in [0.717, 1.165) is 0 Å². The Bertz CT molecular complexity index is 206. The number of hydrogen-bond acceptors (Lipinski definition) is 3. The summed E-state index contributed by atoms with van der Waals surface area (Å²) in [7, 11) is 4.31. The second kappa shape index (κ2) is 6.72. The number of rotatable bonds is 6. The second-order valence-corrected chi connectivity index (χ2v) is 6.15. The molecule has 0 N–H and O–H groups in total. The maximum atomic E-state index is 2.65. The third-order valence-corrected chi connectivity index (χ3v) is 4.17. The average molecular weight is 241 g/mol. The SMILES string of the molecule is CCC(C)(C)N1CCN(CCCN(C)C)CC1. The molecule has 0 spiro atoms. The first kappa shape index (κ1) is 14.9. The standard InChI is InChI=1S/C14H31N3/c1-6-14(2,3)17-12-10-16(11-13-17)9-7-8-15(4)5/h6-13H2,1-5H3. The van der Waals surface area contributed by atoms with E-state index in [0.29, 0.717) is 5.54 Å². The van der Waals surface area contributed by atoms with Crippen LogP contribution < -0.4 is 0 Å². The highest BCUT2D eigenvalue weighted by Gasteiger charge is 2.27. The minimum Gasteiger partial charge on any atom is -0.309 e. The third kappa shape index (κ3) is 4.94. The monoisotopic (exact) mass is 241 g/mol. The molecule has 0 aliphatic carbocycles. The number of nitrogens with zero attached hydrogens (tertiary/aromatic N) is 3. The van der Waals surface area contributed by atoms with Crippen LogP contribution in [0.3, 0.4) is 0 Å². The third-order valence-electron chi connectivity index (χ3n) is 4.17. The van der Waals surface area contributed by atoms with Gasteiger partial charge in [0.25, 0.3) is 0 Å². The van der Waals surface area contributed by atoms with Crippen molar-refractivity contribution in [2.45, 2.75) is 39.2 Å². The quantitative estimate of drug-likeness (QED) is 0.701. The molecule has 0 bridgehead atoms. The summed E-state index contributed by atoms with van der Waals surface area (Å²) in [4.78, 5) is 7.54. The molecule has 0 saturated carbocycles. The number of piperazine rings is 1. The Morgan fingerprint density at radius 1 is 1.06 bits per heavy atom. The molecule has 1 fully saturated rings. The molecule has 0 unspecified atom stereocenters. The molecular formula is C14H31N3. The van der Waals surface area contributed by atoms with Crippen LogP contribution in [0.2, 0.25) is 0 Å². The topological polar surface area (TPSA) is 9.72 Å². The van der Waals surface area contributed by atoms with Crippen LogP contribution in [0.4, 0.5) is 0 Å². The summed E-state index contributed by atoms with van der Waals surface area (Å²) < 4.78 is 0. The molecule has 17 heavy (non-hydrogen) atoms. The molecule has 0 aromatic heterocycles. The summed E-state index contributed by atoms with van der Waals surface area (Å²) >= 11 is 0. The van der Waals surface area contributed by atoms with Crippen molar-refractivity contribution >= 4 is 0 Å². The fourth-order valence-electron chi connectivity index (χ4n) is 2.41. The van der Waals surface area contributed by atoms with Crippen LogP contribution >= 0.6 is 0 Å². The van der Waals surface area contributed by atoms with Crippen LogP contribution in [-0.4, -0.2) is 73.6 Å². The van der Waals surface area contributed by atoms with Gasteiger partial charge in [-0.2, -0.15) is 0 Å². The summed E-state index contributed by atoms with van der Waals surface area (Å²) in [6, 6.07) is 0. The Morgan fingerprint density at radius 3 is 2.12 bits per heavy atom. The molecule has 1 saturated heterocycles. The predicted octanol–water partition coefficient (Wildman–Crippen LogP) is 1.74. The van der Waals surface area contributed by atoms with Gasteiger partial charge in [-0.05, 0) is 53.9 Å². The average Bonchev–Trinajstić information content (AvgIpc) is 2.29. The van der Waals surface area contributed by atoms with Crippen LogP contribution in [-0.2, 0) is 0 Å². The van der Waals surface area contributed by atoms with Gasteiger partial charge in [-0.25, -0.2) is 0 Å². The maximum absolute atomic E-state index is 2.65. The van der Waals surface area contributed by atoms with Gasteiger partial charge >= 0.3 is 0 Å². The van der Waals surface area contributed by atoms with Crippen molar-refractivity contribution in [3.63, 3.8) is 0 Å². The molecule has 0 aromatic rings. The predicted molar refractivity (Wildman–Crippen MR) is 75.6 cm³/mol. The smallest absolute Gasteiger partial charge is 0.0151 e. The van der Waals surface area contributed by atoms with Crippen molar-refractivity contribution in [1.82, 2.24) is 14.7 Å². The Balaban J connectivity index is 2.22. The highest BCUT2D eigenvalue weighted by atomic mass is 15.3. The minimum atomic E-state index is 0.385. The summed E-state index contributed by atoms with van der Waals surface area (Å²) in [5.41, 5.74) is 0.385. The lowest BCUT2D eigenvalue weighted by molar-refractivity contribution is 0.0490. The second-order valence-electron chi connectivity index (χ2n) is 6.15. The molecule has 3 heteroatoms. The maximum Gasteiger partial charge on any atom is 0.0151 e. The number of hydrogen-bond donors (Lipinski definition) is 0. The lowest BCUT2D eigenvalue weighted by Crippen LogP contribution is -2.54. The molecule has 3 nitrogen and oxygen atoms in total. The summed E-state index contributed by atoms with van der Waals surface area (Å²) in [6.45, 7) is 14.5. The van der Waals surface area contributed by atoms with Crippen LogP contribution in [0.15, 0.2) is 0 Å². The molecule has 0 amide bonds. The van der Waals surface area contributed by atoms with Crippen molar-refractivity contribution in [3.05, 3.63) is 0 Å². The zero-order valence-corrected chi connectivity index (χ0v) is 12.5. The molecule has 1 aliphatic heterocycles. The fraction of sp³-hybridized carbons (Fsp3) is 1.00. The van der Waals surface area contributed by atoms with Crippen molar-refractivity contribution < 1.29 is 0 Å². The van der Waals surface area contributed by atoms with Gasteiger partial charge < -0.3 is 9.80 Å². The zero-order chi connectivity index (χ0) is 12.9. The highest BCUT2D eigenvalue weighted by molar-refractivity contribution is 4.84. The van der Waals surface area contributed by atoms with Gasteiger partial charge in [0, 0.05) is 31.7 Å². The molecule has 102 valence electrons. The van der Waals surface area contributed by atoms with Gasteiger partial charge in [0.1, 0.15) is 0 Å². The first-order chi connectivity index (χ1) is 7.95. The van der Waals surface area contributed by atoms with E-state index in [1.165, 1.54) is 52.1 Å². The molecule has 0 atom stereocenters. The van der Waals surface area contributed by atoms with Crippen LogP contribution in [0.25, 0.3) is 0 Å². The van der Waals surface area contributed by atoms with Crippen molar-refractivity contribution in [2.75, 3.05) is 53.4 Å². The first-order valence-corrected chi connectivity index (χ1v) is 7.08. The molecule has 1 rings (SSSR count). The largest absolute Gasteiger partial charge is 0.309 e. The summed E-state index contributed by atoms with van der Waals surface area (Å²) in [5.74, 6) is 0. The molecule has 1 aliphatic rings. The summed E-state index contributed by atoms with van der Waals surface area (Å²) in [5, 5.41) is 0. The van der Waals surface area contributed by atoms with E-state index in [1.807, 2.05) is 0 Å². The van der Waals surface area contributed by atoms with E-state index in [2.05, 4.69) is 49.6 Å². The molecular weight excluding hydrogens is 210 g/mol. The van der Waals surface area contributed by atoms with Gasteiger partial charge in [-0.3, -0.25) is 4.90 Å².